The molecule has 0 atom stereocenters. The zero-order chi connectivity index (χ0) is 6.41. The Balaban J connectivity index is 0. The van der Waals surface area contributed by atoms with Gasteiger partial charge in [-0.3, -0.25) is 6.42 Å². The molecule has 0 saturated heterocycles. The molecule has 0 aliphatic carbocycles. The summed E-state index contributed by atoms with van der Waals surface area (Å²) in [6.07, 6.45) is 1.18. The second-order valence-electron chi connectivity index (χ2n) is 1.28. The fourth-order valence-corrected chi connectivity index (χ4v) is 0.329. The van der Waals surface area contributed by atoms with Crippen LogP contribution >= 0.6 is 0 Å². The van der Waals surface area contributed by atoms with E-state index < -0.39 is 0 Å². The largest absolute Gasteiger partial charge is 0.425 e. The minimum Gasteiger partial charge on any atom is -0.425 e. The molecule has 0 aromatic heterocycles. The molecule has 0 bridgehead atoms. The molecular weight excluding hydrogens is 290 g/mol. The number of rotatable bonds is 3. The van der Waals surface area contributed by atoms with Crippen molar-refractivity contribution in [3.8, 4) is 0 Å². The van der Waals surface area contributed by atoms with Crippen LogP contribution < -0.4 is 5.32 Å². The van der Waals surface area contributed by atoms with Crippen molar-refractivity contribution < 1.29 is 31.0 Å². The average molecular weight is 300 g/mol. The molecule has 4 heteroatoms. The number of nitrogens with one attached hydrogen (secondary N) is 1. The summed E-state index contributed by atoms with van der Waals surface area (Å²) in [6.45, 7) is 2.24. The first-order chi connectivity index (χ1) is 3.81. The Kier molecular flexibility index (Phi) is 10.4. The van der Waals surface area contributed by atoms with E-state index in [-0.39, 0.29) is 33.6 Å². The molecule has 2 N–H and O–H groups in total. The number of aliphatic hydroxyl groups is 1. The molecule has 0 unspecified atom stereocenters. The van der Waals surface area contributed by atoms with E-state index in [9.17, 15) is 4.79 Å². The van der Waals surface area contributed by atoms with Crippen molar-refractivity contribution in [3.63, 3.8) is 0 Å². The van der Waals surface area contributed by atoms with Crippen molar-refractivity contribution in [2.75, 3.05) is 13.2 Å². The van der Waals surface area contributed by atoms with Gasteiger partial charge in [0.1, 0.15) is 0 Å². The average Bonchev–Trinajstić information content (AvgIpc) is 1.68. The summed E-state index contributed by atoms with van der Waals surface area (Å²) in [6, 6.07) is 0. The van der Waals surface area contributed by atoms with Gasteiger partial charge in [-0.1, -0.05) is 6.61 Å². The van der Waals surface area contributed by atoms with Crippen LogP contribution in [-0.4, -0.2) is 24.2 Å². The Hall–Kier alpha value is -0.0117. The monoisotopic (exact) mass is 300 g/mol. The second-order valence-corrected chi connectivity index (χ2v) is 1.28. The van der Waals surface area contributed by atoms with Crippen molar-refractivity contribution in [1.82, 2.24) is 5.32 Å². The van der Waals surface area contributed by atoms with Gasteiger partial charge in [-0.25, -0.2) is 0 Å². The number of carbonyl (C=O) groups is 1. The van der Waals surface area contributed by atoms with Gasteiger partial charge < -0.3 is 15.2 Å². The first-order valence-electron chi connectivity index (χ1n) is 2.53. The Morgan fingerprint density at radius 3 is 2.67 bits per heavy atom. The third-order valence-corrected chi connectivity index (χ3v) is 0.628. The number of amides is 1. The molecule has 0 aromatic carbocycles. The van der Waals surface area contributed by atoms with E-state index in [4.69, 9.17) is 5.11 Å². The van der Waals surface area contributed by atoms with Crippen molar-refractivity contribution in [2.24, 2.45) is 0 Å². The molecule has 0 fully saturated rings. The first-order valence-corrected chi connectivity index (χ1v) is 2.53. The van der Waals surface area contributed by atoms with Gasteiger partial charge in [0.25, 0.3) is 0 Å². The molecule has 54 valence electrons. The van der Waals surface area contributed by atoms with Gasteiger partial charge in [-0.15, -0.1) is 0 Å². The molecule has 9 heavy (non-hydrogen) atoms. The summed E-state index contributed by atoms with van der Waals surface area (Å²) in [7, 11) is 0. The van der Waals surface area contributed by atoms with Crippen LogP contribution in [0.25, 0.3) is 0 Å². The van der Waals surface area contributed by atoms with Gasteiger partial charge in [-0.2, -0.15) is 0 Å². The van der Waals surface area contributed by atoms with Crippen molar-refractivity contribution >= 4 is 5.91 Å². The summed E-state index contributed by atoms with van der Waals surface area (Å²) < 4.78 is 0. The number of hydrogen-bond acceptors (Lipinski definition) is 2. The third kappa shape index (κ3) is 7.99. The zero-order valence-electron chi connectivity index (χ0n) is 5.26. The Labute approximate surface area is 69.1 Å². The molecule has 1 amide bonds. The number of carbonyl (C=O) groups excluding carboxylic acids is 1. The number of hydrogen-bond donors (Lipinski definition) is 2. The summed E-state index contributed by atoms with van der Waals surface area (Å²) >= 11 is 0. The second kappa shape index (κ2) is 7.99. The summed E-state index contributed by atoms with van der Waals surface area (Å²) in [5.74, 6) is -0.213. The van der Waals surface area contributed by atoms with Gasteiger partial charge in [0, 0.05) is 27.6 Å². The molecule has 0 spiro atoms. The van der Waals surface area contributed by atoms with Gasteiger partial charge in [0.2, 0.25) is 0 Å². The maximum atomic E-state index is 10.3. The Morgan fingerprint density at radius 1 is 1.78 bits per heavy atom. The van der Waals surface area contributed by atoms with Gasteiger partial charge in [-0.05, 0) is 6.92 Å². The minimum atomic E-state index is -0.213. The van der Waals surface area contributed by atoms with Gasteiger partial charge >= 0.3 is 0 Å². The van der Waals surface area contributed by atoms with Crippen LogP contribution in [0.2, 0.25) is 0 Å². The molecule has 3 nitrogen and oxygen atoms in total. The Bertz CT molecular complexity index is 69.4. The molecule has 0 aliphatic heterocycles. The quantitative estimate of drug-likeness (QED) is 0.678. The van der Waals surface area contributed by atoms with Crippen molar-refractivity contribution in [3.05, 3.63) is 6.42 Å². The Morgan fingerprint density at radius 2 is 2.33 bits per heavy atom. The van der Waals surface area contributed by atoms with E-state index >= 15 is 0 Å². The van der Waals surface area contributed by atoms with Crippen LogP contribution in [0.1, 0.15) is 6.92 Å². The smallest absolute Gasteiger partial charge is 0.0843 e. The summed E-state index contributed by atoms with van der Waals surface area (Å²) in [5.41, 5.74) is 0. The molecule has 0 saturated carbocycles. The van der Waals surface area contributed by atoms with Crippen LogP contribution in [0.4, 0.5) is 0 Å². The summed E-state index contributed by atoms with van der Waals surface area (Å²) in [4.78, 5) is 10.3. The molecule has 0 aromatic rings. The summed E-state index contributed by atoms with van der Waals surface area (Å²) in [5, 5.41) is 10.6. The molecule has 0 aliphatic rings. The van der Waals surface area contributed by atoms with Gasteiger partial charge in [0.05, 0.1) is 5.91 Å². The van der Waals surface area contributed by atoms with Crippen LogP contribution in [0, 0.1) is 6.42 Å². The normalized spacial score (nSPS) is 7.33. The SMILES string of the molecule is CCNC(=O)[CH-]CO.[W]. The fourth-order valence-electron chi connectivity index (χ4n) is 0.329. The van der Waals surface area contributed by atoms with E-state index in [0.717, 1.165) is 0 Å². The maximum absolute atomic E-state index is 10.3. The van der Waals surface area contributed by atoms with Gasteiger partial charge in [0.15, 0.2) is 0 Å². The van der Waals surface area contributed by atoms with E-state index in [1.54, 1.807) is 0 Å². The maximum Gasteiger partial charge on any atom is 0.0843 e. The van der Waals surface area contributed by atoms with Crippen LogP contribution in [0.5, 0.6) is 0 Å². The molecule has 0 heterocycles. The first kappa shape index (κ1) is 11.7. The number of aliphatic hydroxyl groups excluding tert-OH is 1. The van der Waals surface area contributed by atoms with Crippen molar-refractivity contribution in [2.45, 2.75) is 6.92 Å². The predicted octanol–water partition coefficient (Wildman–Crippen LogP) is -0.683. The molecule has 0 rings (SSSR count). The van der Waals surface area contributed by atoms with Crippen LogP contribution in [0.15, 0.2) is 0 Å². The minimum absolute atomic E-state index is 0. The molecule has 0 radical (unpaired) electrons. The van der Waals surface area contributed by atoms with Crippen LogP contribution in [0.3, 0.4) is 0 Å². The van der Waals surface area contributed by atoms with E-state index in [2.05, 4.69) is 5.32 Å². The topological polar surface area (TPSA) is 49.3 Å². The van der Waals surface area contributed by atoms with E-state index in [0.29, 0.717) is 6.54 Å². The van der Waals surface area contributed by atoms with Crippen molar-refractivity contribution in [1.29, 1.82) is 0 Å². The third-order valence-electron chi connectivity index (χ3n) is 0.628. The standard InChI is InChI=1S/C5H10NO2.W/c1-2-6-5(8)3-4-7;/h3,7H,2,4H2,1H3,(H,6,8);/q-1;. The van der Waals surface area contributed by atoms with E-state index in [1.165, 1.54) is 6.42 Å². The fraction of sp³-hybridized carbons (Fsp3) is 0.600. The molecular formula is C5H10NO2W-. The van der Waals surface area contributed by atoms with Crippen LogP contribution in [-0.2, 0) is 25.9 Å². The zero-order valence-corrected chi connectivity index (χ0v) is 8.19. The van der Waals surface area contributed by atoms with E-state index in [1.807, 2.05) is 6.92 Å². The predicted molar refractivity (Wildman–Crippen MR) is 30.1 cm³/mol.